The van der Waals surface area contributed by atoms with Crippen LogP contribution < -0.4 is 9.47 Å². The van der Waals surface area contributed by atoms with E-state index in [1.54, 1.807) is 0 Å². The number of rotatable bonds is 4. The second kappa shape index (κ2) is 11.0. The van der Waals surface area contributed by atoms with Crippen molar-refractivity contribution in [3.05, 3.63) is 179 Å². The molecule has 55 heavy (non-hydrogen) atoms. The molecular formula is C53H42O2. The Kier molecular flexibility index (Phi) is 6.45. The van der Waals surface area contributed by atoms with Crippen molar-refractivity contribution in [1.82, 2.24) is 0 Å². The van der Waals surface area contributed by atoms with Crippen LogP contribution in [0.5, 0.6) is 23.0 Å². The molecule has 0 aromatic heterocycles. The van der Waals surface area contributed by atoms with Crippen molar-refractivity contribution in [3.8, 4) is 56.4 Å². The van der Waals surface area contributed by atoms with E-state index in [2.05, 4.69) is 126 Å². The quantitative estimate of drug-likeness (QED) is 0.181. The maximum Gasteiger partial charge on any atom is 0.135 e. The molecule has 266 valence electrons. The summed E-state index contributed by atoms with van der Waals surface area (Å²) in [6.45, 7) is 14.4. The number of para-hydroxylation sites is 2. The van der Waals surface area contributed by atoms with Crippen LogP contribution in [0.25, 0.3) is 54.9 Å². The van der Waals surface area contributed by atoms with Gasteiger partial charge in [-0.1, -0.05) is 126 Å². The molecule has 0 fully saturated rings. The second-order valence-electron chi connectivity index (χ2n) is 17.3. The van der Waals surface area contributed by atoms with Crippen molar-refractivity contribution < 1.29 is 9.47 Å². The molecule has 0 unspecified atom stereocenters. The van der Waals surface area contributed by atoms with E-state index in [4.69, 9.17) is 9.47 Å². The van der Waals surface area contributed by atoms with E-state index >= 15 is 0 Å². The maximum absolute atomic E-state index is 6.61. The Hall–Kier alpha value is -6.12. The van der Waals surface area contributed by atoms with Gasteiger partial charge in [-0.25, -0.2) is 0 Å². The molecule has 3 aliphatic carbocycles. The summed E-state index contributed by atoms with van der Waals surface area (Å²) in [6, 6.07) is 52.6. The highest BCUT2D eigenvalue weighted by Crippen LogP contribution is 2.61. The number of benzene rings is 8. The van der Waals surface area contributed by atoms with E-state index in [9.17, 15) is 0 Å². The molecule has 0 N–H and O–H groups in total. The zero-order valence-corrected chi connectivity index (χ0v) is 32.2. The number of fused-ring (bicyclic) bond motifs is 13. The van der Waals surface area contributed by atoms with Crippen LogP contribution >= 0.6 is 0 Å². The lowest BCUT2D eigenvalue weighted by molar-refractivity contribution is 0.486. The van der Waals surface area contributed by atoms with Crippen molar-refractivity contribution in [1.29, 1.82) is 0 Å². The fourth-order valence-corrected chi connectivity index (χ4v) is 10.2. The molecule has 0 heterocycles. The molecule has 0 atom stereocenters. The SMILES string of the molecule is CC1(C)c2cc3c(cc2-c2cc4c(cc21)-c1c(cc(Oc2ccccc2)c2ccccc12)C4(C)C)C(C)(C)c1cc(Oc2ccccc2)c2ccccc2c1-3. The Morgan fingerprint density at radius 1 is 0.309 bits per heavy atom. The molecule has 8 aromatic carbocycles. The largest absolute Gasteiger partial charge is 0.457 e. The fraction of sp³-hybridized carbons (Fsp3) is 0.170. The number of hydrogen-bond donors (Lipinski definition) is 0. The van der Waals surface area contributed by atoms with Crippen LogP contribution in [-0.4, -0.2) is 0 Å². The van der Waals surface area contributed by atoms with Gasteiger partial charge in [-0.05, 0) is 138 Å². The van der Waals surface area contributed by atoms with E-state index in [1.807, 2.05) is 60.7 Å². The Morgan fingerprint density at radius 3 is 1.02 bits per heavy atom. The van der Waals surface area contributed by atoms with Crippen LogP contribution in [0, 0.1) is 0 Å². The summed E-state index contributed by atoms with van der Waals surface area (Å²) < 4.78 is 13.2. The van der Waals surface area contributed by atoms with Gasteiger partial charge in [0.25, 0.3) is 0 Å². The number of ether oxygens (including phenoxy) is 2. The zero-order chi connectivity index (χ0) is 37.4. The minimum Gasteiger partial charge on any atom is -0.457 e. The molecule has 0 radical (unpaired) electrons. The first-order valence-corrected chi connectivity index (χ1v) is 19.5. The molecular weight excluding hydrogens is 669 g/mol. The standard InChI is InChI=1S/C53H42O2/c1-51(2)41-27-39-43(52(3,4)45-29-47(54-31-17-9-7-10-18-31)33-21-13-15-23-35(33)49(39)45)25-37(41)38-26-44-40(28-42(38)51)50-36-24-16-14-22-34(36)48(30-46(50)53(44,5)6)55-32-19-11-8-12-20-32/h7-30H,1-6H3. The lowest BCUT2D eigenvalue weighted by atomic mass is 9.78. The summed E-state index contributed by atoms with van der Waals surface area (Å²) in [5.41, 5.74) is 15.7. The smallest absolute Gasteiger partial charge is 0.135 e. The zero-order valence-electron chi connectivity index (χ0n) is 32.2. The number of hydrogen-bond acceptors (Lipinski definition) is 2. The lowest BCUT2D eigenvalue weighted by Crippen LogP contribution is -2.17. The van der Waals surface area contributed by atoms with E-state index in [0.717, 1.165) is 33.8 Å². The van der Waals surface area contributed by atoms with E-state index < -0.39 is 0 Å². The van der Waals surface area contributed by atoms with Gasteiger partial charge in [-0.15, -0.1) is 0 Å². The lowest BCUT2D eigenvalue weighted by Gasteiger charge is -2.25. The molecule has 3 aliphatic rings. The molecule has 0 saturated carbocycles. The molecule has 2 heteroatoms. The minimum absolute atomic E-state index is 0.188. The molecule has 0 spiro atoms. The van der Waals surface area contributed by atoms with Gasteiger partial charge in [0.1, 0.15) is 23.0 Å². The topological polar surface area (TPSA) is 18.5 Å². The average molecular weight is 711 g/mol. The first-order valence-electron chi connectivity index (χ1n) is 19.5. The van der Waals surface area contributed by atoms with Gasteiger partial charge in [0.05, 0.1) is 0 Å². The molecule has 0 aliphatic heterocycles. The summed E-state index contributed by atoms with van der Waals surface area (Å²) in [5.74, 6) is 3.51. The third kappa shape index (κ3) is 4.37. The predicted octanol–water partition coefficient (Wildman–Crippen LogP) is 14.5. The third-order valence-electron chi connectivity index (χ3n) is 13.1. The van der Waals surface area contributed by atoms with Crippen LogP contribution in [0.2, 0.25) is 0 Å². The Balaban J connectivity index is 1.09. The minimum atomic E-state index is -0.217. The van der Waals surface area contributed by atoms with Crippen molar-refractivity contribution >= 4 is 21.5 Å². The highest BCUT2D eigenvalue weighted by molar-refractivity contribution is 6.08. The Bertz CT molecular complexity index is 2730. The highest BCUT2D eigenvalue weighted by atomic mass is 16.5. The van der Waals surface area contributed by atoms with Crippen LogP contribution in [-0.2, 0) is 16.2 Å². The third-order valence-corrected chi connectivity index (χ3v) is 13.1. The fourth-order valence-electron chi connectivity index (χ4n) is 10.2. The first-order chi connectivity index (χ1) is 26.5. The summed E-state index contributed by atoms with van der Waals surface area (Å²) in [4.78, 5) is 0. The summed E-state index contributed by atoms with van der Waals surface area (Å²) in [5, 5.41) is 4.76. The molecule has 2 nitrogen and oxygen atoms in total. The molecule has 0 amide bonds. The van der Waals surface area contributed by atoms with Crippen molar-refractivity contribution in [3.63, 3.8) is 0 Å². The second-order valence-corrected chi connectivity index (χ2v) is 17.3. The van der Waals surface area contributed by atoms with E-state index in [-0.39, 0.29) is 16.2 Å². The van der Waals surface area contributed by atoms with Crippen molar-refractivity contribution in [2.75, 3.05) is 0 Å². The molecule has 11 rings (SSSR count). The monoisotopic (exact) mass is 710 g/mol. The van der Waals surface area contributed by atoms with E-state index in [0.29, 0.717) is 0 Å². The van der Waals surface area contributed by atoms with Crippen molar-refractivity contribution in [2.45, 2.75) is 57.8 Å². The molecule has 0 bridgehead atoms. The average Bonchev–Trinajstić information content (AvgIpc) is 3.66. The van der Waals surface area contributed by atoms with Gasteiger partial charge in [0.2, 0.25) is 0 Å². The Labute approximate surface area is 323 Å². The highest BCUT2D eigenvalue weighted by Gasteiger charge is 2.45. The van der Waals surface area contributed by atoms with E-state index in [1.165, 1.54) is 77.5 Å². The van der Waals surface area contributed by atoms with Gasteiger partial charge >= 0.3 is 0 Å². The normalized spacial score (nSPS) is 15.9. The van der Waals surface area contributed by atoms with Crippen LogP contribution in [0.3, 0.4) is 0 Å². The first kappa shape index (κ1) is 32.3. The summed E-state index contributed by atoms with van der Waals surface area (Å²) >= 11 is 0. The Morgan fingerprint density at radius 2 is 0.618 bits per heavy atom. The van der Waals surface area contributed by atoms with Gasteiger partial charge in [-0.3, -0.25) is 0 Å². The summed E-state index contributed by atoms with van der Waals surface area (Å²) in [7, 11) is 0. The predicted molar refractivity (Wildman–Crippen MR) is 227 cm³/mol. The van der Waals surface area contributed by atoms with Gasteiger partial charge in [0.15, 0.2) is 0 Å². The van der Waals surface area contributed by atoms with Crippen LogP contribution in [0.4, 0.5) is 0 Å². The van der Waals surface area contributed by atoms with Gasteiger partial charge < -0.3 is 9.47 Å². The van der Waals surface area contributed by atoms with Crippen molar-refractivity contribution in [2.24, 2.45) is 0 Å². The molecule has 0 saturated heterocycles. The summed E-state index contributed by atoms with van der Waals surface area (Å²) in [6.07, 6.45) is 0. The van der Waals surface area contributed by atoms with Gasteiger partial charge in [-0.2, -0.15) is 0 Å². The maximum atomic E-state index is 6.61. The van der Waals surface area contributed by atoms with Crippen LogP contribution in [0.1, 0.15) is 74.9 Å². The van der Waals surface area contributed by atoms with Crippen LogP contribution in [0.15, 0.2) is 146 Å². The molecule has 8 aromatic rings. The van der Waals surface area contributed by atoms with Gasteiger partial charge in [0, 0.05) is 27.0 Å².